The zero-order chi connectivity index (χ0) is 32.4. The minimum absolute atomic E-state index is 0.0121. The summed E-state index contributed by atoms with van der Waals surface area (Å²) in [5.74, 6) is -0.792. The van der Waals surface area contributed by atoms with Gasteiger partial charge in [-0.3, -0.25) is 19.5 Å². The van der Waals surface area contributed by atoms with Crippen LogP contribution in [0.3, 0.4) is 0 Å². The number of rotatable bonds is 7. The molecule has 4 heterocycles. The lowest BCUT2D eigenvalue weighted by Crippen LogP contribution is -2.52. The van der Waals surface area contributed by atoms with Gasteiger partial charge in [0.05, 0.1) is 10.6 Å². The van der Waals surface area contributed by atoms with Crippen LogP contribution in [0.4, 0.5) is 18.9 Å². The maximum absolute atomic E-state index is 13.7. The monoisotopic (exact) mass is 660 g/mol. The number of nitrogens with one attached hydrogen (secondary N) is 4. The van der Waals surface area contributed by atoms with Gasteiger partial charge in [0.15, 0.2) is 11.5 Å². The third-order valence-corrected chi connectivity index (χ3v) is 9.48. The first kappa shape index (κ1) is 32.0. The van der Waals surface area contributed by atoms with Crippen molar-refractivity contribution in [2.75, 3.05) is 44.6 Å². The van der Waals surface area contributed by atoms with Crippen LogP contribution in [0.1, 0.15) is 88.1 Å². The van der Waals surface area contributed by atoms with Gasteiger partial charge in [-0.2, -0.15) is 18.3 Å². The standard InChI is InChI=1S/C31H36ClF3N8O3/c32-24-16-20(5-6-22(24)30(46)43-13-11-42(12-14-43)29(45)19-7-9-36-10-8-19)39-28(44)27-37-17-21(38-27)15-23-25(18-3-1-2-4-18)40-41-26(23)31(33,34)35/h5-6,16-19,36H,1-4,7-15H2,(H,37,38)(H,39,44)(H,40,41). The first-order chi connectivity index (χ1) is 22.1. The quantitative estimate of drug-likeness (QED) is 0.293. The summed E-state index contributed by atoms with van der Waals surface area (Å²) < 4.78 is 41.2. The van der Waals surface area contributed by atoms with E-state index >= 15 is 0 Å². The Kier molecular flexibility index (Phi) is 9.37. The maximum atomic E-state index is 13.7. The van der Waals surface area contributed by atoms with Crippen molar-refractivity contribution in [1.82, 2.24) is 35.3 Å². The lowest BCUT2D eigenvalue weighted by Gasteiger charge is -2.37. The summed E-state index contributed by atoms with van der Waals surface area (Å²) in [5.41, 5.74) is 0.537. The van der Waals surface area contributed by atoms with Crippen molar-refractivity contribution in [2.24, 2.45) is 5.92 Å². The van der Waals surface area contributed by atoms with E-state index < -0.39 is 17.8 Å². The molecule has 0 bridgehead atoms. The predicted molar refractivity (Wildman–Crippen MR) is 164 cm³/mol. The number of halogens is 4. The third-order valence-electron chi connectivity index (χ3n) is 9.17. The summed E-state index contributed by atoms with van der Waals surface area (Å²) in [7, 11) is 0. The van der Waals surface area contributed by atoms with Crippen LogP contribution in [0, 0.1) is 5.92 Å². The van der Waals surface area contributed by atoms with Crippen molar-refractivity contribution in [3.05, 3.63) is 63.5 Å². The number of piperazine rings is 1. The minimum Gasteiger partial charge on any atom is -0.339 e. The Morgan fingerprint density at radius 1 is 1.00 bits per heavy atom. The summed E-state index contributed by atoms with van der Waals surface area (Å²) in [6.07, 6.45) is 1.77. The predicted octanol–water partition coefficient (Wildman–Crippen LogP) is 4.59. The number of aromatic amines is 2. The molecule has 3 amide bonds. The molecule has 4 N–H and O–H groups in total. The Morgan fingerprint density at radius 2 is 1.70 bits per heavy atom. The first-order valence-electron chi connectivity index (χ1n) is 15.7. The number of carbonyl (C=O) groups excluding carboxylic acids is 3. The van der Waals surface area contributed by atoms with Crippen molar-refractivity contribution in [3.63, 3.8) is 0 Å². The average molecular weight is 661 g/mol. The average Bonchev–Trinajstić information content (AvgIpc) is 3.83. The number of anilines is 1. The molecule has 0 radical (unpaired) electrons. The second-order valence-electron chi connectivity index (χ2n) is 12.2. The molecular formula is C31H36ClF3N8O3. The van der Waals surface area contributed by atoms with E-state index in [0.717, 1.165) is 51.6 Å². The maximum Gasteiger partial charge on any atom is 0.435 e. The number of hydrogen-bond donors (Lipinski definition) is 4. The number of piperidine rings is 1. The van der Waals surface area contributed by atoms with E-state index in [4.69, 9.17) is 11.6 Å². The van der Waals surface area contributed by atoms with Crippen molar-refractivity contribution in [1.29, 1.82) is 0 Å². The van der Waals surface area contributed by atoms with E-state index in [9.17, 15) is 27.6 Å². The molecule has 11 nitrogen and oxygen atoms in total. The zero-order valence-corrected chi connectivity index (χ0v) is 25.9. The minimum atomic E-state index is -4.62. The molecule has 2 aliphatic heterocycles. The van der Waals surface area contributed by atoms with E-state index in [1.54, 1.807) is 11.0 Å². The van der Waals surface area contributed by atoms with Crippen molar-refractivity contribution >= 4 is 35.0 Å². The topological polar surface area (TPSA) is 139 Å². The third kappa shape index (κ3) is 6.92. The van der Waals surface area contributed by atoms with Crippen LogP contribution >= 0.6 is 11.6 Å². The number of alkyl halides is 3. The first-order valence-corrected chi connectivity index (χ1v) is 16.0. The Morgan fingerprint density at radius 3 is 2.37 bits per heavy atom. The van der Waals surface area contributed by atoms with E-state index in [1.807, 2.05) is 4.90 Å². The van der Waals surface area contributed by atoms with E-state index in [0.29, 0.717) is 43.3 Å². The fourth-order valence-corrected chi connectivity index (χ4v) is 6.94. The number of nitrogens with zero attached hydrogens (tertiary/aromatic N) is 4. The van der Waals surface area contributed by atoms with Crippen LogP contribution in [0.5, 0.6) is 0 Å². The van der Waals surface area contributed by atoms with Gasteiger partial charge in [0.2, 0.25) is 5.91 Å². The number of imidazole rings is 1. The molecule has 2 aromatic heterocycles. The normalized spacial score (nSPS) is 18.3. The van der Waals surface area contributed by atoms with Crippen LogP contribution < -0.4 is 10.6 Å². The summed E-state index contributed by atoms with van der Waals surface area (Å²) >= 11 is 6.46. The highest BCUT2D eigenvalue weighted by Gasteiger charge is 2.39. The molecule has 246 valence electrons. The van der Waals surface area contributed by atoms with Gasteiger partial charge in [-0.1, -0.05) is 24.4 Å². The summed E-state index contributed by atoms with van der Waals surface area (Å²) in [5, 5.41) is 12.3. The number of H-pyrrole nitrogens is 2. The van der Waals surface area contributed by atoms with Crippen molar-refractivity contribution < 1.29 is 27.6 Å². The molecule has 1 aliphatic carbocycles. The second-order valence-corrected chi connectivity index (χ2v) is 12.6. The van der Waals surface area contributed by atoms with Crippen molar-refractivity contribution in [2.45, 2.75) is 57.0 Å². The van der Waals surface area contributed by atoms with Gasteiger partial charge in [-0.15, -0.1) is 0 Å². The highest BCUT2D eigenvalue weighted by Crippen LogP contribution is 2.40. The van der Waals surface area contributed by atoms with Gasteiger partial charge in [-0.05, 0) is 57.0 Å². The molecule has 0 atom stereocenters. The molecule has 46 heavy (non-hydrogen) atoms. The molecule has 3 aliphatic rings. The molecule has 1 aromatic carbocycles. The largest absolute Gasteiger partial charge is 0.435 e. The fraction of sp³-hybridized carbons (Fsp3) is 0.516. The Balaban J connectivity index is 1.07. The van der Waals surface area contributed by atoms with Crippen molar-refractivity contribution in [3.8, 4) is 0 Å². The fourth-order valence-electron chi connectivity index (χ4n) is 6.68. The Bertz CT molecular complexity index is 1590. The highest BCUT2D eigenvalue weighted by atomic mass is 35.5. The highest BCUT2D eigenvalue weighted by molar-refractivity contribution is 6.34. The van der Waals surface area contributed by atoms with Gasteiger partial charge in [0.25, 0.3) is 11.8 Å². The lowest BCUT2D eigenvalue weighted by molar-refractivity contribution is -0.141. The molecule has 15 heteroatoms. The summed E-state index contributed by atoms with van der Waals surface area (Å²) in [6.45, 7) is 3.40. The molecule has 0 unspecified atom stereocenters. The second kappa shape index (κ2) is 13.4. The van der Waals surface area contributed by atoms with E-state index in [-0.39, 0.29) is 52.0 Å². The SMILES string of the molecule is O=C(Nc1ccc(C(=O)N2CCN(C(=O)C3CCNCC3)CC2)c(Cl)c1)c1ncc(Cc2c(C(F)(F)F)n[nH]c2C2CCCC2)[nH]1. The van der Waals surface area contributed by atoms with E-state index in [1.165, 1.54) is 18.3 Å². The molecule has 6 rings (SSSR count). The Labute approximate surface area is 268 Å². The zero-order valence-electron chi connectivity index (χ0n) is 25.2. The van der Waals surface area contributed by atoms with Crippen LogP contribution in [0.15, 0.2) is 24.4 Å². The molecule has 3 fully saturated rings. The molecule has 0 spiro atoms. The van der Waals surface area contributed by atoms with Gasteiger partial charge in [-0.25, -0.2) is 4.98 Å². The van der Waals surface area contributed by atoms with Gasteiger partial charge >= 0.3 is 6.18 Å². The Hall–Kier alpha value is -3.91. The molecule has 2 saturated heterocycles. The summed E-state index contributed by atoms with van der Waals surface area (Å²) in [4.78, 5) is 49.5. The molecule has 3 aromatic rings. The lowest BCUT2D eigenvalue weighted by atomic mass is 9.96. The van der Waals surface area contributed by atoms with Crippen LogP contribution in [-0.2, 0) is 17.4 Å². The van der Waals surface area contributed by atoms with E-state index in [2.05, 4.69) is 30.8 Å². The molecule has 1 saturated carbocycles. The van der Waals surface area contributed by atoms with Gasteiger partial charge in [0, 0.05) is 73.3 Å². The number of aromatic nitrogens is 4. The van der Waals surface area contributed by atoms with Gasteiger partial charge in [0.1, 0.15) is 0 Å². The van der Waals surface area contributed by atoms with Crippen LogP contribution in [0.25, 0.3) is 0 Å². The number of hydrogen-bond acceptors (Lipinski definition) is 6. The number of benzene rings is 1. The number of carbonyl (C=O) groups is 3. The van der Waals surface area contributed by atoms with Gasteiger partial charge < -0.3 is 25.4 Å². The summed E-state index contributed by atoms with van der Waals surface area (Å²) in [6, 6.07) is 4.54. The molecular weight excluding hydrogens is 625 g/mol. The smallest absolute Gasteiger partial charge is 0.339 e. The van der Waals surface area contributed by atoms with Crippen LogP contribution in [0.2, 0.25) is 5.02 Å². The van der Waals surface area contributed by atoms with Crippen LogP contribution in [-0.4, -0.2) is 87.0 Å². The number of amides is 3.